The van der Waals surface area contributed by atoms with Gasteiger partial charge in [-0.25, -0.2) is 0 Å². The topological polar surface area (TPSA) is 0 Å². The third kappa shape index (κ3) is 6.52. The van der Waals surface area contributed by atoms with Gasteiger partial charge in [-0.2, -0.15) is 0 Å². The number of rotatable bonds is 7. The lowest BCUT2D eigenvalue weighted by Crippen LogP contribution is -2.37. The molecule has 6 rings (SSSR count). The van der Waals surface area contributed by atoms with Crippen LogP contribution in [0.4, 0.5) is 0 Å². The molecule has 2 aliphatic rings. The molecule has 1 atom stereocenters. The molecule has 0 fully saturated rings. The lowest BCUT2D eigenvalue weighted by atomic mass is 9.71. The normalized spacial score (nSPS) is 15.2. The fourth-order valence-corrected chi connectivity index (χ4v) is 6.38. The fourth-order valence-electron chi connectivity index (χ4n) is 6.38. The van der Waals surface area contributed by atoms with Gasteiger partial charge in [-0.3, -0.25) is 0 Å². The summed E-state index contributed by atoms with van der Waals surface area (Å²) in [6, 6.07) is 33.2. The van der Waals surface area contributed by atoms with Crippen molar-refractivity contribution in [1.29, 1.82) is 0 Å². The average molecular weight is 583 g/mol. The van der Waals surface area contributed by atoms with E-state index in [-0.39, 0.29) is 5.92 Å². The maximum absolute atomic E-state index is 4.71. The first kappa shape index (κ1) is 31.2. The fraction of sp³-hybridized carbons (Fsp3) is 0.111. The van der Waals surface area contributed by atoms with E-state index >= 15 is 0 Å². The van der Waals surface area contributed by atoms with Crippen molar-refractivity contribution in [3.63, 3.8) is 0 Å². The molecule has 0 nitrogen and oxygen atoms in total. The Morgan fingerprint density at radius 3 is 2.16 bits per heavy atom. The van der Waals surface area contributed by atoms with Gasteiger partial charge in [-0.05, 0) is 105 Å². The summed E-state index contributed by atoms with van der Waals surface area (Å²) in [4.78, 5) is 0. The molecule has 2 aliphatic carbocycles. The van der Waals surface area contributed by atoms with Gasteiger partial charge in [-0.1, -0.05) is 153 Å². The van der Waals surface area contributed by atoms with Crippen LogP contribution in [0, 0.1) is 12.8 Å². The van der Waals surface area contributed by atoms with Crippen LogP contribution in [0.15, 0.2) is 159 Å². The van der Waals surface area contributed by atoms with Crippen LogP contribution in [0.1, 0.15) is 48.1 Å². The molecule has 0 spiro atoms. The molecule has 1 unspecified atom stereocenters. The summed E-state index contributed by atoms with van der Waals surface area (Å²) >= 11 is 0. The van der Waals surface area contributed by atoms with Crippen molar-refractivity contribution in [2.24, 2.45) is 5.92 Å². The summed E-state index contributed by atoms with van der Waals surface area (Å²) in [5, 5.41) is 2.56. The molecule has 4 aromatic rings. The Labute approximate surface area is 269 Å². The first-order valence-electron chi connectivity index (χ1n) is 15.7. The Morgan fingerprint density at radius 1 is 0.756 bits per heavy atom. The number of aryl methyl sites for hydroxylation is 1. The van der Waals surface area contributed by atoms with Gasteiger partial charge in [0.1, 0.15) is 0 Å². The Hall–Kier alpha value is -5.20. The molecule has 4 aromatic carbocycles. The van der Waals surface area contributed by atoms with Crippen LogP contribution < -0.4 is 10.4 Å². The molecular weight excluding hydrogens is 540 g/mol. The summed E-state index contributed by atoms with van der Waals surface area (Å²) in [7, 11) is 0. The van der Waals surface area contributed by atoms with Crippen molar-refractivity contribution in [3.05, 3.63) is 197 Å². The van der Waals surface area contributed by atoms with Crippen LogP contribution in [0.2, 0.25) is 0 Å². The molecule has 0 bridgehead atoms. The van der Waals surface area contributed by atoms with Crippen LogP contribution >= 0.6 is 0 Å². The number of allylic oxidation sites excluding steroid dienone is 9. The van der Waals surface area contributed by atoms with Crippen molar-refractivity contribution in [2.45, 2.75) is 27.2 Å². The Morgan fingerprint density at radius 2 is 1.42 bits per heavy atom. The average Bonchev–Trinajstić information content (AvgIpc) is 3.07. The van der Waals surface area contributed by atoms with E-state index in [0.717, 1.165) is 12.0 Å². The van der Waals surface area contributed by atoms with E-state index in [0.29, 0.717) is 0 Å². The van der Waals surface area contributed by atoms with E-state index in [1.165, 1.54) is 66.1 Å². The molecule has 0 aromatic heterocycles. The lowest BCUT2D eigenvalue weighted by molar-refractivity contribution is 0.805. The molecule has 0 N–H and O–H groups in total. The summed E-state index contributed by atoms with van der Waals surface area (Å²) in [6.07, 6.45) is 19.8. The minimum atomic E-state index is 0.252. The zero-order chi connectivity index (χ0) is 31.8. The van der Waals surface area contributed by atoms with Gasteiger partial charge in [0.25, 0.3) is 0 Å². The third-order valence-corrected chi connectivity index (χ3v) is 8.44. The highest BCUT2D eigenvalue weighted by atomic mass is 14.3. The maximum atomic E-state index is 4.71. The third-order valence-electron chi connectivity index (χ3n) is 8.44. The van der Waals surface area contributed by atoms with E-state index in [4.69, 9.17) is 6.58 Å². The minimum absolute atomic E-state index is 0.252. The first-order valence-corrected chi connectivity index (χ1v) is 15.7. The second-order valence-corrected chi connectivity index (χ2v) is 11.4. The number of hydrogen-bond donors (Lipinski definition) is 0. The Kier molecular flexibility index (Phi) is 10.1. The minimum Gasteiger partial charge on any atom is -0.103 e. The number of hydrogen-bond acceptors (Lipinski definition) is 0. The maximum Gasteiger partial charge on any atom is 0.0142 e. The zero-order valence-electron chi connectivity index (χ0n) is 26.8. The van der Waals surface area contributed by atoms with Crippen LogP contribution in [0.3, 0.4) is 0 Å². The Bertz CT molecular complexity index is 1980. The summed E-state index contributed by atoms with van der Waals surface area (Å²) in [5.74, 6) is 0.252. The first-order chi connectivity index (χ1) is 22.0. The molecule has 45 heavy (non-hydrogen) atoms. The van der Waals surface area contributed by atoms with Crippen LogP contribution in [-0.4, -0.2) is 0 Å². The van der Waals surface area contributed by atoms with Gasteiger partial charge >= 0.3 is 0 Å². The highest BCUT2D eigenvalue weighted by Gasteiger charge is 2.30. The highest BCUT2D eigenvalue weighted by molar-refractivity contribution is 6.03. The van der Waals surface area contributed by atoms with Crippen molar-refractivity contribution in [1.82, 2.24) is 0 Å². The second-order valence-electron chi connectivity index (χ2n) is 11.4. The zero-order valence-corrected chi connectivity index (χ0v) is 26.8. The van der Waals surface area contributed by atoms with Gasteiger partial charge in [0.05, 0.1) is 0 Å². The van der Waals surface area contributed by atoms with Crippen molar-refractivity contribution >= 4 is 28.9 Å². The molecule has 0 heterocycles. The smallest absolute Gasteiger partial charge is 0.0142 e. The predicted octanol–water partition coefficient (Wildman–Crippen LogP) is 10.7. The van der Waals surface area contributed by atoms with Crippen LogP contribution in [-0.2, 0) is 0 Å². The summed E-state index contributed by atoms with van der Waals surface area (Å²) in [5.41, 5.74) is 13.7. The molecule has 0 saturated carbocycles. The van der Waals surface area contributed by atoms with Gasteiger partial charge in [0.15, 0.2) is 0 Å². The molecule has 0 amide bonds. The standard InChI is InChI=1S/C42H36.C3H6/c1-5-7-15-34-28-35(23-22-29(34)3)31-24-26-33(27-25-31)42-39-20-12-10-18-37(39)41(38-19-11-13-21-40(38)42)30(4)36-17-9-8-16-32(36)14-6-2;1-3-2/h5-18,20-28,38H,1,4,19H2,2-3H3;3H,1H2,2H3/b14-6-,15-7-;. The molecule has 0 radical (unpaired) electrons. The molecular formula is C45H42. The molecule has 0 aliphatic heterocycles. The van der Waals surface area contributed by atoms with Crippen LogP contribution in [0.25, 0.3) is 40.0 Å². The van der Waals surface area contributed by atoms with E-state index in [1.807, 2.05) is 19.1 Å². The number of fused-ring (bicyclic) bond motifs is 2. The number of benzene rings is 4. The SMILES string of the molecule is C=C/C=C\c1cc(-c2ccc(C3=c4ccccc4=C(C(=C)c4ccccc4/C=C\C)C4CC=CC=C34)cc2)ccc1C.C=CC. The summed E-state index contributed by atoms with van der Waals surface area (Å²) < 4.78 is 0. The van der Waals surface area contributed by atoms with Gasteiger partial charge < -0.3 is 0 Å². The van der Waals surface area contributed by atoms with Crippen molar-refractivity contribution in [3.8, 4) is 11.1 Å². The molecule has 0 saturated heterocycles. The second kappa shape index (κ2) is 14.5. The highest BCUT2D eigenvalue weighted by Crippen LogP contribution is 2.43. The lowest BCUT2D eigenvalue weighted by Gasteiger charge is -2.32. The van der Waals surface area contributed by atoms with E-state index in [9.17, 15) is 0 Å². The van der Waals surface area contributed by atoms with E-state index in [2.05, 4.69) is 154 Å². The van der Waals surface area contributed by atoms with E-state index in [1.54, 1.807) is 6.08 Å². The van der Waals surface area contributed by atoms with Gasteiger partial charge in [-0.15, -0.1) is 6.58 Å². The van der Waals surface area contributed by atoms with Crippen molar-refractivity contribution < 1.29 is 0 Å². The monoisotopic (exact) mass is 582 g/mol. The summed E-state index contributed by atoms with van der Waals surface area (Å²) in [6.45, 7) is 18.0. The quantitative estimate of drug-likeness (QED) is 0.150. The Balaban J connectivity index is 0.00000128. The van der Waals surface area contributed by atoms with Gasteiger partial charge in [0.2, 0.25) is 0 Å². The van der Waals surface area contributed by atoms with Crippen molar-refractivity contribution in [2.75, 3.05) is 0 Å². The molecule has 0 heteroatoms. The van der Waals surface area contributed by atoms with E-state index < -0.39 is 0 Å². The predicted molar refractivity (Wildman–Crippen MR) is 199 cm³/mol. The van der Waals surface area contributed by atoms with Crippen LogP contribution in [0.5, 0.6) is 0 Å². The largest absolute Gasteiger partial charge is 0.103 e. The van der Waals surface area contributed by atoms with Gasteiger partial charge in [0, 0.05) is 5.92 Å². The molecule has 222 valence electrons.